The van der Waals surface area contributed by atoms with Crippen LogP contribution in [0.3, 0.4) is 0 Å². The summed E-state index contributed by atoms with van der Waals surface area (Å²) in [5.41, 5.74) is 2.37. The standard InChI is InChI=1S/C20H22N4OS/c1-13-17(14-6-3-2-4-7-14)18-19(22-12-23-20(18)26-13)21-11-5-8-16(25)24-15-9-10-15/h2-4,6-7,12,15H,5,8-11H2,1H3,(H,24,25)(H,21,22,23). The molecule has 26 heavy (non-hydrogen) atoms. The Morgan fingerprint density at radius 2 is 2.04 bits per heavy atom. The van der Waals surface area contributed by atoms with Gasteiger partial charge in [0.25, 0.3) is 0 Å². The van der Waals surface area contributed by atoms with E-state index in [1.807, 2.05) is 18.2 Å². The second-order valence-corrected chi connectivity index (χ2v) is 7.88. The van der Waals surface area contributed by atoms with Crippen molar-refractivity contribution >= 4 is 33.3 Å². The Bertz CT molecular complexity index is 918. The number of fused-ring (bicyclic) bond motifs is 1. The first kappa shape index (κ1) is 17.0. The molecule has 2 aromatic heterocycles. The minimum atomic E-state index is 0.151. The van der Waals surface area contributed by atoms with Crippen LogP contribution < -0.4 is 10.6 Å². The molecule has 134 valence electrons. The van der Waals surface area contributed by atoms with Gasteiger partial charge in [-0.2, -0.15) is 0 Å². The molecule has 1 amide bonds. The molecule has 2 heterocycles. The van der Waals surface area contributed by atoms with Crippen LogP contribution in [0.1, 0.15) is 30.6 Å². The highest BCUT2D eigenvalue weighted by molar-refractivity contribution is 7.19. The number of aromatic nitrogens is 2. The predicted molar refractivity (Wildman–Crippen MR) is 106 cm³/mol. The first-order valence-electron chi connectivity index (χ1n) is 9.05. The lowest BCUT2D eigenvalue weighted by Crippen LogP contribution is -2.25. The molecule has 0 radical (unpaired) electrons. The summed E-state index contributed by atoms with van der Waals surface area (Å²) in [4.78, 5) is 22.9. The number of rotatable bonds is 7. The Morgan fingerprint density at radius 1 is 1.23 bits per heavy atom. The van der Waals surface area contributed by atoms with E-state index >= 15 is 0 Å². The second-order valence-electron chi connectivity index (χ2n) is 6.67. The van der Waals surface area contributed by atoms with Gasteiger partial charge in [0.1, 0.15) is 17.0 Å². The molecule has 1 fully saturated rings. The van der Waals surface area contributed by atoms with Crippen molar-refractivity contribution in [3.63, 3.8) is 0 Å². The maximum Gasteiger partial charge on any atom is 0.220 e. The van der Waals surface area contributed by atoms with Crippen molar-refractivity contribution in [3.05, 3.63) is 41.5 Å². The third kappa shape index (κ3) is 3.70. The first-order valence-corrected chi connectivity index (χ1v) is 9.87. The van der Waals surface area contributed by atoms with Crippen LogP contribution in [0.4, 0.5) is 5.82 Å². The van der Waals surface area contributed by atoms with E-state index in [-0.39, 0.29) is 5.91 Å². The van der Waals surface area contributed by atoms with Gasteiger partial charge in [0.2, 0.25) is 5.91 Å². The van der Waals surface area contributed by atoms with Gasteiger partial charge in [-0.3, -0.25) is 4.79 Å². The molecule has 2 N–H and O–H groups in total. The number of nitrogens with zero attached hydrogens (tertiary/aromatic N) is 2. The highest BCUT2D eigenvalue weighted by Gasteiger charge is 2.22. The highest BCUT2D eigenvalue weighted by atomic mass is 32.1. The Hall–Kier alpha value is -2.47. The molecule has 0 unspecified atom stereocenters. The molecule has 3 aromatic rings. The van der Waals surface area contributed by atoms with Crippen molar-refractivity contribution in [2.24, 2.45) is 0 Å². The van der Waals surface area contributed by atoms with Gasteiger partial charge >= 0.3 is 0 Å². The summed E-state index contributed by atoms with van der Waals surface area (Å²) in [7, 11) is 0. The van der Waals surface area contributed by atoms with Gasteiger partial charge in [0.15, 0.2) is 0 Å². The third-order valence-electron chi connectivity index (χ3n) is 4.54. The molecule has 4 rings (SSSR count). The molecule has 0 aliphatic heterocycles. The number of benzene rings is 1. The Kier molecular flexibility index (Phi) is 4.84. The molecule has 0 bridgehead atoms. The van der Waals surface area contributed by atoms with Crippen LogP contribution >= 0.6 is 11.3 Å². The molecule has 0 spiro atoms. The van der Waals surface area contributed by atoms with Crippen molar-refractivity contribution in [3.8, 4) is 11.1 Å². The maximum atomic E-state index is 11.8. The highest BCUT2D eigenvalue weighted by Crippen LogP contribution is 2.40. The van der Waals surface area contributed by atoms with Gasteiger partial charge in [0.05, 0.1) is 5.39 Å². The van der Waals surface area contributed by atoms with E-state index in [9.17, 15) is 4.79 Å². The van der Waals surface area contributed by atoms with Crippen LogP contribution in [-0.2, 0) is 4.79 Å². The fraction of sp³-hybridized carbons (Fsp3) is 0.350. The normalized spacial score (nSPS) is 13.7. The van der Waals surface area contributed by atoms with E-state index < -0.39 is 0 Å². The fourth-order valence-corrected chi connectivity index (χ4v) is 4.13. The van der Waals surface area contributed by atoms with Crippen LogP contribution in [0.2, 0.25) is 0 Å². The summed E-state index contributed by atoms with van der Waals surface area (Å²) in [6, 6.07) is 10.8. The van der Waals surface area contributed by atoms with Gasteiger partial charge < -0.3 is 10.6 Å². The van der Waals surface area contributed by atoms with Gasteiger partial charge in [-0.05, 0) is 31.7 Å². The topological polar surface area (TPSA) is 66.9 Å². The molecular weight excluding hydrogens is 344 g/mol. The average Bonchev–Trinajstić information content (AvgIpc) is 3.39. The van der Waals surface area contributed by atoms with Crippen molar-refractivity contribution in [2.75, 3.05) is 11.9 Å². The van der Waals surface area contributed by atoms with E-state index in [1.54, 1.807) is 17.7 Å². The number of nitrogens with one attached hydrogen (secondary N) is 2. The Balaban J connectivity index is 1.50. The zero-order valence-corrected chi connectivity index (χ0v) is 15.6. The van der Waals surface area contributed by atoms with E-state index in [1.165, 1.54) is 16.0 Å². The lowest BCUT2D eigenvalue weighted by molar-refractivity contribution is -0.121. The Labute approximate surface area is 156 Å². The second kappa shape index (κ2) is 7.41. The molecule has 6 heteroatoms. The summed E-state index contributed by atoms with van der Waals surface area (Å²) >= 11 is 1.69. The lowest BCUT2D eigenvalue weighted by Gasteiger charge is -2.09. The van der Waals surface area contributed by atoms with E-state index in [0.29, 0.717) is 19.0 Å². The zero-order chi connectivity index (χ0) is 17.9. The Morgan fingerprint density at radius 3 is 2.81 bits per heavy atom. The van der Waals surface area contributed by atoms with Gasteiger partial charge in [-0.1, -0.05) is 30.3 Å². The molecule has 1 aliphatic carbocycles. The maximum absolute atomic E-state index is 11.8. The summed E-state index contributed by atoms with van der Waals surface area (Å²) in [5.74, 6) is 0.999. The zero-order valence-electron chi connectivity index (χ0n) is 14.8. The van der Waals surface area contributed by atoms with Crippen LogP contribution in [0.25, 0.3) is 21.3 Å². The molecule has 1 saturated carbocycles. The average molecular weight is 366 g/mol. The molecular formula is C20H22N4OS. The molecule has 0 saturated heterocycles. The van der Waals surface area contributed by atoms with Gasteiger partial charge in [-0.15, -0.1) is 11.3 Å². The first-order chi connectivity index (χ1) is 12.7. The molecule has 0 atom stereocenters. The van der Waals surface area contributed by atoms with E-state index in [0.717, 1.165) is 35.3 Å². The van der Waals surface area contributed by atoms with E-state index in [2.05, 4.69) is 39.7 Å². The van der Waals surface area contributed by atoms with Gasteiger partial charge in [-0.25, -0.2) is 9.97 Å². The van der Waals surface area contributed by atoms with Crippen LogP contribution in [0.15, 0.2) is 36.7 Å². The fourth-order valence-electron chi connectivity index (χ4n) is 3.11. The smallest absolute Gasteiger partial charge is 0.220 e. The number of anilines is 1. The number of carbonyl (C=O) groups excluding carboxylic acids is 1. The van der Waals surface area contributed by atoms with E-state index in [4.69, 9.17) is 0 Å². The number of thiophene rings is 1. The summed E-state index contributed by atoms with van der Waals surface area (Å²) < 4.78 is 0. The third-order valence-corrected chi connectivity index (χ3v) is 5.56. The number of hydrogen-bond donors (Lipinski definition) is 2. The number of hydrogen-bond acceptors (Lipinski definition) is 5. The summed E-state index contributed by atoms with van der Waals surface area (Å²) in [6.07, 6.45) is 5.19. The SMILES string of the molecule is Cc1sc2ncnc(NCCCC(=O)NC3CC3)c2c1-c1ccccc1. The van der Waals surface area contributed by atoms with Crippen LogP contribution in [0.5, 0.6) is 0 Å². The minimum absolute atomic E-state index is 0.151. The van der Waals surface area contributed by atoms with Crippen molar-refractivity contribution in [2.45, 2.75) is 38.6 Å². The quantitative estimate of drug-likeness (QED) is 0.617. The number of aryl methyl sites for hydroxylation is 1. The number of carbonyl (C=O) groups is 1. The number of amides is 1. The molecule has 1 aromatic carbocycles. The van der Waals surface area contributed by atoms with Crippen molar-refractivity contribution in [1.29, 1.82) is 0 Å². The van der Waals surface area contributed by atoms with Gasteiger partial charge in [0, 0.05) is 29.4 Å². The largest absolute Gasteiger partial charge is 0.369 e. The van der Waals surface area contributed by atoms with Crippen LogP contribution in [-0.4, -0.2) is 28.5 Å². The lowest BCUT2D eigenvalue weighted by atomic mass is 10.0. The predicted octanol–water partition coefficient (Wildman–Crippen LogP) is 4.14. The summed E-state index contributed by atoms with van der Waals surface area (Å²) in [5, 5.41) is 7.51. The van der Waals surface area contributed by atoms with Crippen LogP contribution in [0, 0.1) is 6.92 Å². The van der Waals surface area contributed by atoms with Crippen molar-refractivity contribution in [1.82, 2.24) is 15.3 Å². The minimum Gasteiger partial charge on any atom is -0.369 e. The molecule has 5 nitrogen and oxygen atoms in total. The summed E-state index contributed by atoms with van der Waals surface area (Å²) in [6.45, 7) is 2.84. The van der Waals surface area contributed by atoms with Crippen molar-refractivity contribution < 1.29 is 4.79 Å². The monoisotopic (exact) mass is 366 g/mol. The molecule has 1 aliphatic rings.